The van der Waals surface area contributed by atoms with Crippen molar-refractivity contribution in [3.8, 4) is 6.07 Å². The summed E-state index contributed by atoms with van der Waals surface area (Å²) in [5.41, 5.74) is 1.45. The van der Waals surface area contributed by atoms with Gasteiger partial charge in [0.25, 0.3) is 0 Å². The van der Waals surface area contributed by atoms with Crippen LogP contribution in [0.4, 0.5) is 5.69 Å². The normalized spacial score (nSPS) is 23.4. The minimum Gasteiger partial charge on any atom is -0.381 e. The summed E-state index contributed by atoms with van der Waals surface area (Å²) in [6, 6.07) is 8.29. The molecule has 1 aliphatic carbocycles. The van der Waals surface area contributed by atoms with Crippen LogP contribution in [0.15, 0.2) is 18.2 Å². The van der Waals surface area contributed by atoms with Gasteiger partial charge >= 0.3 is 0 Å². The largest absolute Gasteiger partial charge is 0.381 e. The van der Waals surface area contributed by atoms with Crippen molar-refractivity contribution in [2.75, 3.05) is 5.32 Å². The number of rotatable bonds is 3. The molecule has 0 amide bonds. The lowest BCUT2D eigenvalue weighted by Gasteiger charge is -2.32. The van der Waals surface area contributed by atoms with E-state index in [2.05, 4.69) is 18.3 Å². The molecule has 18 heavy (non-hydrogen) atoms. The number of benzene rings is 1. The number of hydrogen-bond acceptors (Lipinski definition) is 2. The second-order valence-corrected chi connectivity index (χ2v) is 5.39. The van der Waals surface area contributed by atoms with Gasteiger partial charge in [0.05, 0.1) is 16.3 Å². The van der Waals surface area contributed by atoms with Crippen molar-refractivity contribution in [2.24, 2.45) is 5.92 Å². The highest BCUT2D eigenvalue weighted by Gasteiger charge is 2.24. The number of nitrogens with zero attached hydrogens (tertiary/aromatic N) is 1. The molecule has 0 aromatic heterocycles. The van der Waals surface area contributed by atoms with Gasteiger partial charge in [0.2, 0.25) is 0 Å². The Kier molecular flexibility index (Phi) is 4.49. The van der Waals surface area contributed by atoms with Gasteiger partial charge in [-0.25, -0.2) is 0 Å². The molecule has 1 fully saturated rings. The average molecular weight is 263 g/mol. The molecule has 1 saturated carbocycles. The first-order valence-corrected chi connectivity index (χ1v) is 7.09. The summed E-state index contributed by atoms with van der Waals surface area (Å²) in [4.78, 5) is 0. The zero-order valence-corrected chi connectivity index (χ0v) is 11.5. The molecule has 1 aromatic rings. The van der Waals surface area contributed by atoms with Crippen LogP contribution >= 0.6 is 11.6 Å². The molecule has 0 bridgehead atoms. The molecule has 0 aliphatic heterocycles. The number of nitrogens with one attached hydrogen (secondary N) is 1. The molecule has 1 aromatic carbocycles. The number of nitriles is 1. The van der Waals surface area contributed by atoms with E-state index < -0.39 is 0 Å². The summed E-state index contributed by atoms with van der Waals surface area (Å²) >= 11 is 6.05. The summed E-state index contributed by atoms with van der Waals surface area (Å²) in [6.07, 6.45) is 6.28. The molecule has 1 N–H and O–H groups in total. The minimum absolute atomic E-state index is 0.481. The zero-order valence-electron chi connectivity index (χ0n) is 10.7. The molecular weight excluding hydrogens is 244 g/mol. The van der Waals surface area contributed by atoms with E-state index in [1.807, 2.05) is 12.1 Å². The first kappa shape index (κ1) is 13.2. The molecule has 2 rings (SSSR count). The molecule has 2 atom stereocenters. The maximum Gasteiger partial charge on any atom is 0.103 e. The van der Waals surface area contributed by atoms with E-state index in [-0.39, 0.29) is 0 Å². The molecule has 0 radical (unpaired) electrons. The molecule has 3 heteroatoms. The van der Waals surface area contributed by atoms with E-state index in [0.717, 1.165) is 5.69 Å². The Balaban J connectivity index is 2.18. The van der Waals surface area contributed by atoms with Crippen LogP contribution in [0, 0.1) is 17.2 Å². The summed E-state index contributed by atoms with van der Waals surface area (Å²) in [6.45, 7) is 2.24. The molecule has 96 valence electrons. The Morgan fingerprint density at radius 3 is 2.89 bits per heavy atom. The van der Waals surface area contributed by atoms with E-state index in [1.54, 1.807) is 6.07 Å². The van der Waals surface area contributed by atoms with Crippen molar-refractivity contribution in [2.45, 2.75) is 45.1 Å². The lowest BCUT2D eigenvalue weighted by atomic mass is 9.82. The van der Waals surface area contributed by atoms with Gasteiger partial charge in [-0.15, -0.1) is 0 Å². The Morgan fingerprint density at radius 1 is 1.39 bits per heavy atom. The fraction of sp³-hybridized carbons (Fsp3) is 0.533. The van der Waals surface area contributed by atoms with Crippen LogP contribution in [-0.2, 0) is 0 Å². The smallest absolute Gasteiger partial charge is 0.103 e. The highest BCUT2D eigenvalue weighted by Crippen LogP contribution is 2.31. The zero-order chi connectivity index (χ0) is 13.0. The second-order valence-electron chi connectivity index (χ2n) is 4.98. The molecule has 2 unspecified atom stereocenters. The number of hydrogen-bond donors (Lipinski definition) is 1. The third-order valence-corrected chi connectivity index (χ3v) is 4.21. The van der Waals surface area contributed by atoms with Crippen LogP contribution in [0.3, 0.4) is 0 Å². The van der Waals surface area contributed by atoms with E-state index in [9.17, 15) is 5.26 Å². The van der Waals surface area contributed by atoms with Gasteiger partial charge in [-0.2, -0.15) is 5.26 Å². The molecular formula is C15H19ClN2. The van der Waals surface area contributed by atoms with Crippen molar-refractivity contribution in [1.29, 1.82) is 5.26 Å². The van der Waals surface area contributed by atoms with Crippen LogP contribution in [0.25, 0.3) is 0 Å². The van der Waals surface area contributed by atoms with Crippen molar-refractivity contribution in [3.05, 3.63) is 28.8 Å². The molecule has 0 saturated heterocycles. The first-order valence-electron chi connectivity index (χ1n) is 6.71. The van der Waals surface area contributed by atoms with Crippen molar-refractivity contribution >= 4 is 17.3 Å². The van der Waals surface area contributed by atoms with Crippen LogP contribution in [0.2, 0.25) is 5.02 Å². The molecule has 0 heterocycles. The Morgan fingerprint density at radius 2 is 2.17 bits per heavy atom. The van der Waals surface area contributed by atoms with E-state index in [0.29, 0.717) is 22.5 Å². The quantitative estimate of drug-likeness (QED) is 0.865. The predicted octanol–water partition coefficient (Wildman–Crippen LogP) is 4.59. The van der Waals surface area contributed by atoms with Crippen molar-refractivity contribution < 1.29 is 0 Å². The van der Waals surface area contributed by atoms with Gasteiger partial charge in [0.1, 0.15) is 6.07 Å². The SMILES string of the molecule is CCC1CCCCC1Nc1cccc(Cl)c1C#N. The average Bonchev–Trinajstić information content (AvgIpc) is 2.40. The fourth-order valence-electron chi connectivity index (χ4n) is 2.84. The highest BCUT2D eigenvalue weighted by atomic mass is 35.5. The Bertz CT molecular complexity index is 450. The molecule has 0 spiro atoms. The third kappa shape index (κ3) is 2.79. The Hall–Kier alpha value is -1.20. The van der Waals surface area contributed by atoms with Crippen LogP contribution in [0.1, 0.15) is 44.6 Å². The van der Waals surface area contributed by atoms with Gasteiger partial charge in [-0.3, -0.25) is 0 Å². The predicted molar refractivity (Wildman–Crippen MR) is 75.8 cm³/mol. The molecule has 2 nitrogen and oxygen atoms in total. The highest BCUT2D eigenvalue weighted by molar-refractivity contribution is 6.32. The van der Waals surface area contributed by atoms with Crippen molar-refractivity contribution in [1.82, 2.24) is 0 Å². The van der Waals surface area contributed by atoms with Crippen LogP contribution in [0.5, 0.6) is 0 Å². The minimum atomic E-state index is 0.481. The first-order chi connectivity index (χ1) is 8.76. The van der Waals surface area contributed by atoms with Gasteiger partial charge in [0.15, 0.2) is 0 Å². The van der Waals surface area contributed by atoms with Gasteiger partial charge in [-0.05, 0) is 30.9 Å². The summed E-state index contributed by atoms with van der Waals surface area (Å²) in [7, 11) is 0. The van der Waals surface area contributed by atoms with E-state index >= 15 is 0 Å². The molecule has 1 aliphatic rings. The summed E-state index contributed by atoms with van der Waals surface area (Å²) in [5, 5.41) is 13.2. The Labute approximate surface area is 114 Å². The number of halogens is 1. The van der Waals surface area contributed by atoms with Crippen molar-refractivity contribution in [3.63, 3.8) is 0 Å². The second kappa shape index (κ2) is 6.11. The van der Waals surface area contributed by atoms with E-state index in [4.69, 9.17) is 11.6 Å². The fourth-order valence-corrected chi connectivity index (χ4v) is 3.06. The van der Waals surface area contributed by atoms with Crippen LogP contribution < -0.4 is 5.32 Å². The lowest BCUT2D eigenvalue weighted by Crippen LogP contribution is -2.32. The monoisotopic (exact) mass is 262 g/mol. The summed E-state index contributed by atoms with van der Waals surface area (Å²) in [5.74, 6) is 0.712. The standard InChI is InChI=1S/C15H19ClN2/c1-2-11-6-3-4-8-14(11)18-15-9-5-7-13(16)12(15)10-17/h5,7,9,11,14,18H,2-4,6,8H2,1H3. The maximum absolute atomic E-state index is 9.18. The summed E-state index contributed by atoms with van der Waals surface area (Å²) < 4.78 is 0. The van der Waals surface area contributed by atoms with E-state index in [1.165, 1.54) is 32.1 Å². The number of anilines is 1. The third-order valence-electron chi connectivity index (χ3n) is 3.90. The van der Waals surface area contributed by atoms with Gasteiger partial charge in [-0.1, -0.05) is 43.9 Å². The maximum atomic E-state index is 9.18. The topological polar surface area (TPSA) is 35.8 Å². The van der Waals surface area contributed by atoms with Crippen LogP contribution in [-0.4, -0.2) is 6.04 Å². The van der Waals surface area contributed by atoms with Gasteiger partial charge < -0.3 is 5.32 Å². The lowest BCUT2D eigenvalue weighted by molar-refractivity contribution is 0.317. The van der Waals surface area contributed by atoms with Gasteiger partial charge in [0, 0.05) is 6.04 Å².